The summed E-state index contributed by atoms with van der Waals surface area (Å²) in [7, 11) is 0. The molecule has 1 heterocycles. The van der Waals surface area contributed by atoms with Crippen LogP contribution in [0.1, 0.15) is 44.1 Å². The van der Waals surface area contributed by atoms with Crippen LogP contribution < -0.4 is 4.90 Å². The van der Waals surface area contributed by atoms with Gasteiger partial charge >= 0.3 is 5.69 Å². The third kappa shape index (κ3) is 2.64. The number of hydrogen-bond donors (Lipinski definition) is 1. The van der Waals surface area contributed by atoms with E-state index in [1.807, 2.05) is 0 Å². The van der Waals surface area contributed by atoms with Crippen LogP contribution in [0.15, 0.2) is 6.07 Å². The van der Waals surface area contributed by atoms with Gasteiger partial charge in [0.1, 0.15) is 0 Å². The number of nitrogens with zero attached hydrogens (tertiary/aromatic N) is 2. The zero-order valence-electron chi connectivity index (χ0n) is 10.6. The SMILES string of the molecule is CCCN(c1sc([C@H](C)O)cc1[N+](=O)[O-])C1CC1. The molecule has 0 amide bonds. The predicted molar refractivity (Wildman–Crippen MR) is 72.3 cm³/mol. The molecule has 1 aliphatic carbocycles. The van der Waals surface area contributed by atoms with Crippen LogP contribution in [-0.4, -0.2) is 22.6 Å². The normalized spacial score (nSPS) is 16.6. The van der Waals surface area contributed by atoms with Crippen LogP contribution in [0.3, 0.4) is 0 Å². The topological polar surface area (TPSA) is 66.6 Å². The Morgan fingerprint density at radius 2 is 2.33 bits per heavy atom. The van der Waals surface area contributed by atoms with Crippen LogP contribution in [-0.2, 0) is 0 Å². The molecular formula is C12H18N2O3S. The fourth-order valence-electron chi connectivity index (χ4n) is 2.01. The first-order valence-corrected chi connectivity index (χ1v) is 7.09. The van der Waals surface area contributed by atoms with Crippen molar-refractivity contribution in [2.75, 3.05) is 11.4 Å². The van der Waals surface area contributed by atoms with Crippen LogP contribution in [0, 0.1) is 10.1 Å². The van der Waals surface area contributed by atoms with E-state index in [2.05, 4.69) is 11.8 Å². The van der Waals surface area contributed by atoms with Crippen LogP contribution in [0.25, 0.3) is 0 Å². The van der Waals surface area contributed by atoms with Gasteiger partial charge in [0.15, 0.2) is 5.00 Å². The fourth-order valence-corrected chi connectivity index (χ4v) is 3.17. The summed E-state index contributed by atoms with van der Waals surface area (Å²) in [5.74, 6) is 0. The predicted octanol–water partition coefficient (Wildman–Crippen LogP) is 3.09. The van der Waals surface area contributed by atoms with E-state index in [0.717, 1.165) is 25.8 Å². The maximum atomic E-state index is 11.1. The van der Waals surface area contributed by atoms with Crippen molar-refractivity contribution in [1.29, 1.82) is 0 Å². The van der Waals surface area contributed by atoms with Crippen molar-refractivity contribution in [3.05, 3.63) is 21.1 Å². The van der Waals surface area contributed by atoms with E-state index in [1.54, 1.807) is 6.92 Å². The monoisotopic (exact) mass is 270 g/mol. The van der Waals surface area contributed by atoms with E-state index in [9.17, 15) is 15.2 Å². The molecule has 2 rings (SSSR count). The summed E-state index contributed by atoms with van der Waals surface area (Å²) in [6.45, 7) is 4.55. The van der Waals surface area contributed by atoms with Gasteiger partial charge in [-0.3, -0.25) is 10.1 Å². The number of hydrogen-bond acceptors (Lipinski definition) is 5. The summed E-state index contributed by atoms with van der Waals surface area (Å²) in [5, 5.41) is 21.4. The second-order valence-corrected chi connectivity index (χ2v) is 5.76. The van der Waals surface area contributed by atoms with E-state index in [-0.39, 0.29) is 10.6 Å². The molecule has 0 unspecified atom stereocenters. The minimum absolute atomic E-state index is 0.135. The summed E-state index contributed by atoms with van der Waals surface area (Å²) in [6, 6.07) is 1.96. The van der Waals surface area contributed by atoms with Crippen LogP contribution in [0.5, 0.6) is 0 Å². The van der Waals surface area contributed by atoms with Gasteiger partial charge in [0.25, 0.3) is 0 Å². The van der Waals surface area contributed by atoms with E-state index in [0.29, 0.717) is 15.9 Å². The molecule has 1 fully saturated rings. The summed E-state index contributed by atoms with van der Waals surface area (Å²) in [4.78, 5) is 13.6. The Bertz CT molecular complexity index is 441. The Kier molecular flexibility index (Phi) is 3.87. The molecule has 0 radical (unpaired) electrons. The van der Waals surface area contributed by atoms with E-state index in [1.165, 1.54) is 17.4 Å². The van der Waals surface area contributed by atoms with Crippen molar-refractivity contribution in [3.8, 4) is 0 Å². The highest BCUT2D eigenvalue weighted by Gasteiger charge is 2.34. The summed E-state index contributed by atoms with van der Waals surface area (Å²) < 4.78 is 0. The van der Waals surface area contributed by atoms with Gasteiger partial charge in [0.2, 0.25) is 0 Å². The van der Waals surface area contributed by atoms with Crippen molar-refractivity contribution in [2.45, 2.75) is 45.3 Å². The van der Waals surface area contributed by atoms with Crippen LogP contribution in [0.4, 0.5) is 10.7 Å². The lowest BCUT2D eigenvalue weighted by Gasteiger charge is -2.21. The Balaban J connectivity index is 2.36. The standard InChI is InChI=1S/C12H18N2O3S/c1-3-6-13(9-4-5-9)12-10(14(16)17)7-11(18-12)8(2)15/h7-9,15H,3-6H2,1-2H3/t8-/m0/s1. The molecule has 0 aliphatic heterocycles. The zero-order chi connectivity index (χ0) is 13.3. The first-order valence-electron chi connectivity index (χ1n) is 6.27. The second-order valence-electron chi connectivity index (χ2n) is 4.70. The Hall–Kier alpha value is -1.14. The Labute approximate surface area is 110 Å². The van der Waals surface area contributed by atoms with E-state index >= 15 is 0 Å². The lowest BCUT2D eigenvalue weighted by atomic mass is 10.3. The quantitative estimate of drug-likeness (QED) is 0.637. The van der Waals surface area contributed by atoms with Crippen molar-refractivity contribution in [2.24, 2.45) is 0 Å². The molecule has 0 bridgehead atoms. The average molecular weight is 270 g/mol. The second kappa shape index (κ2) is 5.24. The third-order valence-electron chi connectivity index (χ3n) is 3.03. The van der Waals surface area contributed by atoms with Crippen LogP contribution >= 0.6 is 11.3 Å². The maximum absolute atomic E-state index is 11.1. The maximum Gasteiger partial charge on any atom is 0.304 e. The highest BCUT2D eigenvalue weighted by Crippen LogP contribution is 2.44. The molecule has 18 heavy (non-hydrogen) atoms. The molecule has 100 valence electrons. The molecule has 0 saturated heterocycles. The molecule has 1 atom stereocenters. The van der Waals surface area contributed by atoms with Gasteiger partial charge in [0, 0.05) is 23.5 Å². The first-order chi connectivity index (χ1) is 8.54. The van der Waals surface area contributed by atoms with Gasteiger partial charge in [-0.25, -0.2) is 0 Å². The highest BCUT2D eigenvalue weighted by atomic mass is 32.1. The first kappa shape index (κ1) is 13.3. The average Bonchev–Trinajstić information content (AvgIpc) is 3.03. The van der Waals surface area contributed by atoms with E-state index < -0.39 is 6.10 Å². The number of aliphatic hydroxyl groups excluding tert-OH is 1. The van der Waals surface area contributed by atoms with Crippen molar-refractivity contribution in [1.82, 2.24) is 0 Å². The summed E-state index contributed by atoms with van der Waals surface area (Å²) in [6.07, 6.45) is 2.54. The van der Waals surface area contributed by atoms with Gasteiger partial charge in [-0.1, -0.05) is 6.92 Å². The van der Waals surface area contributed by atoms with Crippen LogP contribution in [0.2, 0.25) is 0 Å². The van der Waals surface area contributed by atoms with Gasteiger partial charge in [-0.2, -0.15) is 0 Å². The number of thiophene rings is 1. The van der Waals surface area contributed by atoms with Crippen molar-refractivity contribution < 1.29 is 10.0 Å². The van der Waals surface area contributed by atoms with Gasteiger partial charge in [-0.05, 0) is 26.2 Å². The van der Waals surface area contributed by atoms with Crippen molar-refractivity contribution >= 4 is 22.0 Å². The molecule has 1 aromatic heterocycles. The number of aliphatic hydroxyl groups is 1. The third-order valence-corrected chi connectivity index (χ3v) is 4.37. The summed E-state index contributed by atoms with van der Waals surface area (Å²) in [5.41, 5.74) is 0.135. The molecule has 0 spiro atoms. The molecule has 6 heteroatoms. The zero-order valence-corrected chi connectivity index (χ0v) is 11.4. The molecule has 1 saturated carbocycles. The minimum Gasteiger partial charge on any atom is -0.388 e. The summed E-state index contributed by atoms with van der Waals surface area (Å²) >= 11 is 1.35. The molecule has 1 aliphatic rings. The Morgan fingerprint density at radius 3 is 2.78 bits per heavy atom. The minimum atomic E-state index is -0.648. The number of anilines is 1. The van der Waals surface area contributed by atoms with Gasteiger partial charge < -0.3 is 10.0 Å². The molecule has 1 aromatic rings. The molecular weight excluding hydrogens is 252 g/mol. The van der Waals surface area contributed by atoms with Crippen molar-refractivity contribution in [3.63, 3.8) is 0 Å². The fraction of sp³-hybridized carbons (Fsp3) is 0.667. The lowest BCUT2D eigenvalue weighted by Crippen LogP contribution is -2.26. The molecule has 5 nitrogen and oxygen atoms in total. The highest BCUT2D eigenvalue weighted by molar-refractivity contribution is 7.16. The largest absolute Gasteiger partial charge is 0.388 e. The number of rotatable bonds is 6. The number of nitro groups is 1. The smallest absolute Gasteiger partial charge is 0.304 e. The lowest BCUT2D eigenvalue weighted by molar-refractivity contribution is -0.383. The Morgan fingerprint density at radius 1 is 1.67 bits per heavy atom. The van der Waals surface area contributed by atoms with Gasteiger partial charge in [0.05, 0.1) is 11.0 Å². The molecule has 1 N–H and O–H groups in total. The van der Waals surface area contributed by atoms with Gasteiger partial charge in [-0.15, -0.1) is 11.3 Å². The van der Waals surface area contributed by atoms with E-state index in [4.69, 9.17) is 0 Å². The molecule has 0 aromatic carbocycles.